The molecule has 2 aromatic heterocycles. The number of rotatable bonds is 5. The molecule has 0 atom stereocenters. The van der Waals surface area contributed by atoms with Gasteiger partial charge in [-0.3, -0.25) is 19.0 Å². The Morgan fingerprint density at radius 2 is 1.62 bits per heavy atom. The molecule has 3 aromatic rings. The van der Waals surface area contributed by atoms with Gasteiger partial charge in [0.15, 0.2) is 5.65 Å². The molecule has 6 rings (SSSR count). The maximum Gasteiger partial charge on any atom is 0.318 e. The van der Waals surface area contributed by atoms with Gasteiger partial charge < -0.3 is 25.3 Å². The summed E-state index contributed by atoms with van der Waals surface area (Å²) in [5.74, 6) is 0.276. The van der Waals surface area contributed by atoms with Gasteiger partial charge in [0.1, 0.15) is 5.52 Å². The van der Waals surface area contributed by atoms with Gasteiger partial charge in [-0.25, -0.2) is 4.98 Å². The topological polar surface area (TPSA) is 132 Å². The molecular formula is C29H39N7O4. The zero-order valence-corrected chi connectivity index (χ0v) is 23.2. The number of carbonyl (C=O) groups is 1. The van der Waals surface area contributed by atoms with E-state index in [0.717, 1.165) is 70.5 Å². The minimum atomic E-state index is -0.564. The summed E-state index contributed by atoms with van der Waals surface area (Å²) in [5.41, 5.74) is 1.22. The molecule has 214 valence electrons. The number of fused-ring (bicyclic) bond motifs is 1. The number of morpholine rings is 1. The van der Waals surface area contributed by atoms with E-state index in [9.17, 15) is 14.4 Å². The molecule has 11 heteroatoms. The van der Waals surface area contributed by atoms with Gasteiger partial charge in [0.05, 0.1) is 19.4 Å². The van der Waals surface area contributed by atoms with Gasteiger partial charge in [-0.1, -0.05) is 32.1 Å². The van der Waals surface area contributed by atoms with E-state index in [-0.39, 0.29) is 18.0 Å². The van der Waals surface area contributed by atoms with E-state index >= 15 is 0 Å². The smallest absolute Gasteiger partial charge is 0.318 e. The molecule has 0 radical (unpaired) electrons. The van der Waals surface area contributed by atoms with Crippen molar-refractivity contribution in [1.29, 1.82) is 0 Å². The van der Waals surface area contributed by atoms with Crippen molar-refractivity contribution in [3.8, 4) is 0 Å². The number of nitrogens with zero attached hydrogens (tertiary/aromatic N) is 4. The molecule has 1 amide bonds. The van der Waals surface area contributed by atoms with E-state index in [4.69, 9.17) is 4.74 Å². The van der Waals surface area contributed by atoms with Crippen LogP contribution < -0.4 is 27.1 Å². The summed E-state index contributed by atoms with van der Waals surface area (Å²) in [6.45, 7) is 3.83. The molecule has 11 nitrogen and oxygen atoms in total. The quantitative estimate of drug-likeness (QED) is 0.414. The molecule has 40 heavy (non-hydrogen) atoms. The lowest BCUT2D eigenvalue weighted by molar-refractivity contribution is 0.0927. The van der Waals surface area contributed by atoms with E-state index in [1.165, 1.54) is 23.8 Å². The second-order valence-corrected chi connectivity index (χ2v) is 10.8. The van der Waals surface area contributed by atoms with Crippen LogP contribution in [0.1, 0.15) is 74.2 Å². The molecule has 0 bridgehead atoms. The Labute approximate surface area is 233 Å². The first-order chi connectivity index (χ1) is 19.5. The van der Waals surface area contributed by atoms with Crippen LogP contribution in [0.3, 0.4) is 0 Å². The van der Waals surface area contributed by atoms with Crippen molar-refractivity contribution < 1.29 is 9.53 Å². The van der Waals surface area contributed by atoms with Crippen molar-refractivity contribution >= 4 is 28.7 Å². The van der Waals surface area contributed by atoms with Crippen LogP contribution in [0.4, 0.5) is 11.6 Å². The number of aryl methyl sites for hydroxylation is 1. The molecule has 3 heterocycles. The predicted molar refractivity (Wildman–Crippen MR) is 154 cm³/mol. The van der Waals surface area contributed by atoms with E-state index in [1.54, 1.807) is 29.9 Å². The zero-order chi connectivity index (χ0) is 27.9. The molecular weight excluding hydrogens is 510 g/mol. The lowest BCUT2D eigenvalue weighted by Crippen LogP contribution is -2.42. The first kappa shape index (κ1) is 28.0. The summed E-state index contributed by atoms with van der Waals surface area (Å²) in [7, 11) is 1.57. The van der Waals surface area contributed by atoms with Crippen molar-refractivity contribution in [1.82, 2.24) is 29.7 Å². The van der Waals surface area contributed by atoms with E-state index in [2.05, 4.69) is 25.9 Å². The first-order valence-electron chi connectivity index (χ1n) is 14.5. The zero-order valence-electron chi connectivity index (χ0n) is 23.2. The standard InChI is InChI=1S/C25H30N6O3.C4H9NO/c1-30-20-15-26-25(29-21(20)31(24(34)23(30)33)19-9-5-6-10-19)28-18-13-11-16(12-14-18)22(32)27-17-7-3-2-4-8-17;1-3-6-4-2-5-1/h11-15,17,19H,2-10H2,1H3,(H,27,32)(H,26,28,29);5H,1-4H2. The Balaban J connectivity index is 0.000000477. The van der Waals surface area contributed by atoms with E-state index < -0.39 is 11.1 Å². The van der Waals surface area contributed by atoms with Gasteiger partial charge in [0, 0.05) is 43.5 Å². The Morgan fingerprint density at radius 3 is 2.25 bits per heavy atom. The highest BCUT2D eigenvalue weighted by molar-refractivity contribution is 5.94. The number of nitrogens with one attached hydrogen (secondary N) is 3. The second-order valence-electron chi connectivity index (χ2n) is 10.8. The van der Waals surface area contributed by atoms with Crippen molar-refractivity contribution in [2.45, 2.75) is 69.9 Å². The number of anilines is 2. The van der Waals surface area contributed by atoms with Crippen LogP contribution in [0.15, 0.2) is 40.1 Å². The average molecular weight is 550 g/mol. The second kappa shape index (κ2) is 13.2. The fourth-order valence-electron chi connectivity index (χ4n) is 5.66. The summed E-state index contributed by atoms with van der Waals surface area (Å²) >= 11 is 0. The number of carbonyl (C=O) groups excluding carboxylic acids is 1. The van der Waals surface area contributed by atoms with Crippen LogP contribution in [0.5, 0.6) is 0 Å². The molecule has 1 aromatic carbocycles. The minimum Gasteiger partial charge on any atom is -0.379 e. The van der Waals surface area contributed by atoms with Crippen molar-refractivity contribution in [3.63, 3.8) is 0 Å². The highest BCUT2D eigenvalue weighted by Gasteiger charge is 2.24. The largest absolute Gasteiger partial charge is 0.379 e. The Kier molecular flexibility index (Phi) is 9.22. The van der Waals surface area contributed by atoms with Crippen LogP contribution >= 0.6 is 0 Å². The van der Waals surface area contributed by atoms with E-state index in [1.807, 2.05) is 12.1 Å². The van der Waals surface area contributed by atoms with Crippen LogP contribution in [-0.2, 0) is 11.8 Å². The molecule has 1 aliphatic heterocycles. The highest BCUT2D eigenvalue weighted by Crippen LogP contribution is 2.30. The predicted octanol–water partition coefficient (Wildman–Crippen LogP) is 3.02. The molecule has 3 aliphatic rings. The van der Waals surface area contributed by atoms with Crippen LogP contribution in [0.2, 0.25) is 0 Å². The Morgan fingerprint density at radius 1 is 0.950 bits per heavy atom. The third kappa shape index (κ3) is 6.59. The molecule has 0 unspecified atom stereocenters. The molecule has 3 fully saturated rings. The maximum atomic E-state index is 12.8. The lowest BCUT2D eigenvalue weighted by atomic mass is 9.95. The summed E-state index contributed by atoms with van der Waals surface area (Å²) in [6, 6.07) is 7.42. The Bertz CT molecular complexity index is 1410. The summed E-state index contributed by atoms with van der Waals surface area (Å²) in [5, 5.41) is 9.45. The van der Waals surface area contributed by atoms with Crippen molar-refractivity contribution in [2.24, 2.45) is 7.05 Å². The normalized spacial score (nSPS) is 18.2. The summed E-state index contributed by atoms with van der Waals surface area (Å²) in [6.07, 6.45) is 11.0. The highest BCUT2D eigenvalue weighted by atomic mass is 16.5. The third-order valence-corrected chi connectivity index (χ3v) is 7.93. The first-order valence-corrected chi connectivity index (χ1v) is 14.5. The third-order valence-electron chi connectivity index (χ3n) is 7.93. The number of benzene rings is 1. The van der Waals surface area contributed by atoms with Crippen LogP contribution in [0, 0.1) is 0 Å². The summed E-state index contributed by atoms with van der Waals surface area (Å²) in [4.78, 5) is 46.8. The number of hydrogen-bond acceptors (Lipinski definition) is 8. The molecule has 2 saturated carbocycles. The maximum absolute atomic E-state index is 12.8. The fourth-order valence-corrected chi connectivity index (χ4v) is 5.66. The average Bonchev–Trinajstić information content (AvgIpc) is 3.53. The molecule has 2 aliphatic carbocycles. The van der Waals surface area contributed by atoms with Gasteiger partial charge in [0.25, 0.3) is 5.91 Å². The monoisotopic (exact) mass is 549 g/mol. The lowest BCUT2D eigenvalue weighted by Gasteiger charge is -2.22. The number of amides is 1. The van der Waals surface area contributed by atoms with Gasteiger partial charge in [-0.05, 0) is 49.9 Å². The van der Waals surface area contributed by atoms with Gasteiger partial charge >= 0.3 is 11.1 Å². The molecule has 3 N–H and O–H groups in total. The number of ether oxygens (including phenoxy) is 1. The van der Waals surface area contributed by atoms with Gasteiger partial charge in [-0.15, -0.1) is 0 Å². The fraction of sp³-hybridized carbons (Fsp3) is 0.552. The van der Waals surface area contributed by atoms with Crippen LogP contribution in [-0.4, -0.2) is 57.4 Å². The van der Waals surface area contributed by atoms with Gasteiger partial charge in [0.2, 0.25) is 5.95 Å². The summed E-state index contributed by atoms with van der Waals surface area (Å²) < 4.78 is 7.87. The molecule has 0 spiro atoms. The van der Waals surface area contributed by atoms with Gasteiger partial charge in [-0.2, -0.15) is 4.98 Å². The minimum absolute atomic E-state index is 0.0198. The van der Waals surface area contributed by atoms with Crippen LogP contribution in [0.25, 0.3) is 11.2 Å². The number of aromatic nitrogens is 4. The SMILES string of the molecule is C1COCCN1.Cn1c(=O)c(=O)n(C2CCCC2)c2nc(Nc3ccc(C(=O)NC4CCCCC4)cc3)ncc21. The van der Waals surface area contributed by atoms with E-state index in [0.29, 0.717) is 22.7 Å². The van der Waals surface area contributed by atoms with Crippen molar-refractivity contribution in [3.05, 3.63) is 56.7 Å². The number of hydrogen-bond donors (Lipinski definition) is 3. The van der Waals surface area contributed by atoms with Crippen molar-refractivity contribution in [2.75, 3.05) is 31.6 Å². The Hall–Kier alpha value is -3.57. The molecule has 1 saturated heterocycles.